The fourth-order valence-electron chi connectivity index (χ4n) is 3.59. The van der Waals surface area contributed by atoms with Crippen molar-refractivity contribution in [1.29, 1.82) is 0 Å². The zero-order valence-electron chi connectivity index (χ0n) is 19.7. The predicted octanol–water partition coefficient (Wildman–Crippen LogP) is 3.45. The van der Waals surface area contributed by atoms with E-state index in [-0.39, 0.29) is 11.6 Å². The number of hydrazone groups is 1. The van der Waals surface area contributed by atoms with Gasteiger partial charge in [0.1, 0.15) is 12.4 Å². The highest BCUT2D eigenvalue weighted by atomic mass is 16.5. The Hall–Kier alpha value is -3.94. The molecule has 0 unspecified atom stereocenters. The zero-order valence-corrected chi connectivity index (χ0v) is 19.7. The van der Waals surface area contributed by atoms with Gasteiger partial charge in [0, 0.05) is 5.69 Å². The molecule has 2 aromatic carbocycles. The van der Waals surface area contributed by atoms with Crippen LogP contribution in [-0.2, 0) is 11.3 Å². The molecule has 0 spiro atoms. The Morgan fingerprint density at radius 3 is 2.61 bits per heavy atom. The molecule has 172 valence electrons. The maximum atomic E-state index is 13.6. The molecule has 0 fully saturated rings. The summed E-state index contributed by atoms with van der Waals surface area (Å²) in [4.78, 5) is 21.8. The minimum atomic E-state index is -0.358. The summed E-state index contributed by atoms with van der Waals surface area (Å²) in [6.45, 7) is 7.79. The van der Waals surface area contributed by atoms with E-state index in [4.69, 9.17) is 10.5 Å². The summed E-state index contributed by atoms with van der Waals surface area (Å²) in [6.07, 6.45) is 1.38. The summed E-state index contributed by atoms with van der Waals surface area (Å²) >= 11 is 0. The van der Waals surface area contributed by atoms with Crippen LogP contribution in [0.2, 0.25) is 0 Å². The van der Waals surface area contributed by atoms with E-state index in [1.165, 1.54) is 13.4 Å². The topological polar surface area (TPSA) is 106 Å². The highest BCUT2D eigenvalue weighted by Gasteiger charge is 2.14. The lowest BCUT2D eigenvalue weighted by atomic mass is 10.1. The Kier molecular flexibility index (Phi) is 7.61. The first-order chi connectivity index (χ1) is 15.8. The number of nitrogens with one attached hydrogen (secondary N) is 1. The number of ether oxygens (including phenoxy) is 1. The second kappa shape index (κ2) is 10.6. The van der Waals surface area contributed by atoms with Crippen molar-refractivity contribution in [2.24, 2.45) is 20.8 Å². The lowest BCUT2D eigenvalue weighted by Gasteiger charge is -2.17. The minimum Gasteiger partial charge on any atom is -0.482 e. The molecule has 8 heteroatoms. The first-order valence-corrected chi connectivity index (χ1v) is 10.7. The fraction of sp³-hybridized carbons (Fsp3) is 0.280. The van der Waals surface area contributed by atoms with Gasteiger partial charge in [-0.3, -0.25) is 14.4 Å². The smallest absolute Gasteiger partial charge is 0.263 e. The molecule has 3 aromatic rings. The standard InChI is InChI=1S/C25H30N6O2/c1-16-9-6-7-12-22(16)31-21(13-20-11-8-10-17(2)23(20)25(31)32)14-29-30-24(33-5)18(3)27-15-28-19(4)26/h6-13,15,18,29H,14H2,1-5H3,(H2,26,27,28)/b30-24+/t18-/m1/s1. The summed E-state index contributed by atoms with van der Waals surface area (Å²) in [5.74, 6) is 0.804. The number of pyridine rings is 1. The van der Waals surface area contributed by atoms with Crippen molar-refractivity contribution < 1.29 is 4.74 Å². The summed E-state index contributed by atoms with van der Waals surface area (Å²) < 4.78 is 7.13. The number of aryl methyl sites for hydroxylation is 2. The van der Waals surface area contributed by atoms with Gasteiger partial charge in [-0.1, -0.05) is 36.4 Å². The molecular formula is C25H30N6O2. The zero-order chi connectivity index (χ0) is 24.0. The van der Waals surface area contributed by atoms with Crippen molar-refractivity contribution in [2.75, 3.05) is 7.11 Å². The second-order valence-corrected chi connectivity index (χ2v) is 7.80. The predicted molar refractivity (Wildman–Crippen MR) is 136 cm³/mol. The lowest BCUT2D eigenvalue weighted by molar-refractivity contribution is 0.378. The Morgan fingerprint density at radius 1 is 1.18 bits per heavy atom. The molecule has 0 amide bonds. The number of methoxy groups -OCH3 is 1. The molecule has 0 saturated heterocycles. The van der Waals surface area contributed by atoms with Crippen LogP contribution >= 0.6 is 0 Å². The lowest BCUT2D eigenvalue weighted by Crippen LogP contribution is -2.27. The number of fused-ring (bicyclic) bond motifs is 1. The first kappa shape index (κ1) is 23.7. The Bertz CT molecular complexity index is 1290. The molecule has 3 rings (SSSR count). The van der Waals surface area contributed by atoms with Crippen LogP contribution in [0, 0.1) is 13.8 Å². The highest BCUT2D eigenvalue weighted by molar-refractivity contribution is 5.87. The molecule has 33 heavy (non-hydrogen) atoms. The maximum absolute atomic E-state index is 13.6. The van der Waals surface area contributed by atoms with Crippen molar-refractivity contribution in [3.63, 3.8) is 0 Å². The van der Waals surface area contributed by atoms with Crippen LogP contribution < -0.4 is 16.7 Å². The van der Waals surface area contributed by atoms with Gasteiger partial charge < -0.3 is 15.9 Å². The van der Waals surface area contributed by atoms with Crippen LogP contribution in [-0.4, -0.2) is 35.8 Å². The van der Waals surface area contributed by atoms with Crippen LogP contribution in [0.4, 0.5) is 0 Å². The molecule has 0 saturated carbocycles. The number of aliphatic imine (C=N–C) groups is 2. The van der Waals surface area contributed by atoms with Gasteiger partial charge in [-0.2, -0.15) is 0 Å². The average Bonchev–Trinajstić information content (AvgIpc) is 2.77. The molecule has 3 N–H and O–H groups in total. The number of hydrogen-bond acceptors (Lipinski definition) is 5. The minimum absolute atomic E-state index is 0.0550. The van der Waals surface area contributed by atoms with E-state index in [0.29, 0.717) is 23.7 Å². The van der Waals surface area contributed by atoms with E-state index in [2.05, 4.69) is 20.5 Å². The summed E-state index contributed by atoms with van der Waals surface area (Å²) in [6, 6.07) is 15.4. The number of amidine groups is 1. The van der Waals surface area contributed by atoms with E-state index in [1.54, 1.807) is 11.5 Å². The van der Waals surface area contributed by atoms with Crippen LogP contribution in [0.3, 0.4) is 0 Å². The van der Waals surface area contributed by atoms with Gasteiger partial charge in [0.05, 0.1) is 30.6 Å². The largest absolute Gasteiger partial charge is 0.482 e. The van der Waals surface area contributed by atoms with Gasteiger partial charge in [-0.25, -0.2) is 4.99 Å². The third-order valence-corrected chi connectivity index (χ3v) is 5.26. The molecule has 1 heterocycles. The van der Waals surface area contributed by atoms with Crippen LogP contribution in [0.15, 0.2) is 68.4 Å². The quantitative estimate of drug-likeness (QED) is 0.329. The Balaban J connectivity index is 2.00. The van der Waals surface area contributed by atoms with Gasteiger partial charge in [0.2, 0.25) is 5.90 Å². The Labute approximate surface area is 193 Å². The number of nitrogens with two attached hydrogens (primary N) is 1. The molecule has 0 bridgehead atoms. The van der Waals surface area contributed by atoms with Crippen LogP contribution in [0.5, 0.6) is 0 Å². The monoisotopic (exact) mass is 446 g/mol. The van der Waals surface area contributed by atoms with E-state index >= 15 is 0 Å². The number of hydrogen-bond donors (Lipinski definition) is 2. The molecule has 0 aliphatic carbocycles. The number of nitrogens with zero attached hydrogens (tertiary/aromatic N) is 4. The van der Waals surface area contributed by atoms with Crippen molar-refractivity contribution >= 4 is 28.8 Å². The van der Waals surface area contributed by atoms with Crippen LogP contribution in [0.25, 0.3) is 16.5 Å². The number of benzene rings is 2. The number of rotatable bonds is 7. The number of para-hydroxylation sites is 1. The van der Waals surface area contributed by atoms with Crippen LogP contribution in [0.1, 0.15) is 30.7 Å². The highest BCUT2D eigenvalue weighted by Crippen LogP contribution is 2.20. The molecular weight excluding hydrogens is 416 g/mol. The fourth-order valence-corrected chi connectivity index (χ4v) is 3.59. The third kappa shape index (κ3) is 5.46. The van der Waals surface area contributed by atoms with E-state index in [9.17, 15) is 4.79 Å². The SMILES string of the molecule is CO/C(=N/NCc1cc2cccc(C)c2c(=O)n1-c1ccccc1C)[C@@H](C)/N=C\N=C(/C)N. The molecule has 0 radical (unpaired) electrons. The summed E-state index contributed by atoms with van der Waals surface area (Å²) in [7, 11) is 1.53. The third-order valence-electron chi connectivity index (χ3n) is 5.26. The first-order valence-electron chi connectivity index (χ1n) is 10.7. The van der Waals surface area contributed by atoms with Gasteiger partial charge in [0.15, 0.2) is 0 Å². The van der Waals surface area contributed by atoms with Crippen molar-refractivity contribution in [3.05, 3.63) is 75.7 Å². The maximum Gasteiger partial charge on any atom is 0.263 e. The molecule has 8 nitrogen and oxygen atoms in total. The molecule has 1 aromatic heterocycles. The van der Waals surface area contributed by atoms with Gasteiger partial charge >= 0.3 is 0 Å². The van der Waals surface area contributed by atoms with E-state index in [1.807, 2.05) is 69.3 Å². The average molecular weight is 447 g/mol. The summed E-state index contributed by atoms with van der Waals surface area (Å²) in [5.41, 5.74) is 12.1. The Morgan fingerprint density at radius 2 is 1.91 bits per heavy atom. The number of aromatic nitrogens is 1. The van der Waals surface area contributed by atoms with Crippen molar-refractivity contribution in [2.45, 2.75) is 40.3 Å². The van der Waals surface area contributed by atoms with E-state index in [0.717, 1.165) is 27.9 Å². The molecule has 0 aliphatic rings. The van der Waals surface area contributed by atoms with Gasteiger partial charge in [0.25, 0.3) is 5.56 Å². The van der Waals surface area contributed by atoms with Crippen molar-refractivity contribution in [3.8, 4) is 5.69 Å². The van der Waals surface area contributed by atoms with Gasteiger partial charge in [-0.15, -0.1) is 5.10 Å². The molecule has 1 atom stereocenters. The van der Waals surface area contributed by atoms with E-state index < -0.39 is 0 Å². The van der Waals surface area contributed by atoms with Crippen molar-refractivity contribution in [1.82, 2.24) is 9.99 Å². The normalized spacial score (nSPS) is 13.5. The second-order valence-electron chi connectivity index (χ2n) is 7.80. The van der Waals surface area contributed by atoms with Gasteiger partial charge in [-0.05, 0) is 56.3 Å². The summed E-state index contributed by atoms with van der Waals surface area (Å²) in [5, 5.41) is 5.96. The molecule has 0 aliphatic heterocycles.